The monoisotopic (exact) mass is 2010 g/mol. The molecular formula is C104H137Br2N7O13P2S3. The van der Waals surface area contributed by atoms with Gasteiger partial charge in [-0.15, -0.1) is 0 Å². The summed E-state index contributed by atoms with van der Waals surface area (Å²) in [5.74, 6) is -1.20. The molecule has 131 heavy (non-hydrogen) atoms. The van der Waals surface area contributed by atoms with Crippen LogP contribution in [0.5, 0.6) is 0 Å². The molecule has 20 nitrogen and oxygen atoms in total. The average molecular weight is 2010 g/mol. The Morgan fingerprint density at radius 3 is 1.66 bits per heavy atom. The number of para-hydroxylation sites is 3. The molecule has 2 aliphatic heterocycles. The number of carboxylic acid groups (broad SMARTS) is 1. The highest BCUT2D eigenvalue weighted by molar-refractivity contribution is 7.89. The summed E-state index contributed by atoms with van der Waals surface area (Å²) in [4.78, 5) is 16.2. The molecule has 1 saturated heterocycles. The predicted molar refractivity (Wildman–Crippen MR) is 532 cm³/mol. The van der Waals surface area contributed by atoms with Gasteiger partial charge in [-0.25, -0.2) is 16.8 Å². The van der Waals surface area contributed by atoms with Crippen LogP contribution in [0.25, 0.3) is 84.2 Å². The first-order valence-electron chi connectivity index (χ1n) is 47.0. The number of anilines is 2. The van der Waals surface area contributed by atoms with Crippen molar-refractivity contribution in [3.63, 3.8) is 0 Å². The van der Waals surface area contributed by atoms with Gasteiger partial charge in [-0.05, 0) is 181 Å². The molecule has 4 aromatic heterocycles. The molecular weight excluding hydrogens is 1870 g/mol. The van der Waals surface area contributed by atoms with Crippen molar-refractivity contribution in [2.24, 2.45) is 0 Å². The van der Waals surface area contributed by atoms with E-state index in [1.54, 1.807) is 16.4 Å². The Balaban J connectivity index is 0.000000221. The largest absolute Gasteiger partial charge is 1.00 e. The molecule has 2 aliphatic rings. The molecule has 1 N–H and O–H groups in total. The number of fused-ring (bicyclic) bond motifs is 7. The lowest BCUT2D eigenvalue weighted by atomic mass is 9.83. The zero-order valence-electron chi connectivity index (χ0n) is 78.4. The highest BCUT2D eigenvalue weighted by Crippen LogP contribution is 2.51. The fourth-order valence-corrected chi connectivity index (χ4v) is 24.3. The Bertz CT molecular complexity index is 6000. The minimum Gasteiger partial charge on any atom is -1.00 e. The van der Waals surface area contributed by atoms with Gasteiger partial charge in [-0.2, -0.15) is 18.0 Å². The van der Waals surface area contributed by atoms with Crippen molar-refractivity contribution in [3.8, 4) is 0 Å². The molecule has 0 bridgehead atoms. The van der Waals surface area contributed by atoms with Gasteiger partial charge in [0.2, 0.25) is 26.6 Å². The summed E-state index contributed by atoms with van der Waals surface area (Å²) in [6, 6.07) is 57.4. The zero-order valence-corrected chi connectivity index (χ0v) is 85.8. The minimum absolute atomic E-state index is 0. The Labute approximate surface area is 804 Å². The van der Waals surface area contributed by atoms with Crippen LogP contribution in [0.3, 0.4) is 0 Å². The summed E-state index contributed by atoms with van der Waals surface area (Å²) < 4.78 is 120. The molecule has 1 fully saturated rings. The Morgan fingerprint density at radius 1 is 0.550 bits per heavy atom. The first-order chi connectivity index (χ1) is 62.3. The number of aromatic nitrogens is 4. The van der Waals surface area contributed by atoms with Gasteiger partial charge in [0.05, 0.1) is 64.5 Å². The summed E-state index contributed by atoms with van der Waals surface area (Å²) in [6.45, 7) is 29.3. The van der Waals surface area contributed by atoms with Crippen molar-refractivity contribution in [2.45, 2.75) is 228 Å². The van der Waals surface area contributed by atoms with E-state index in [2.05, 4.69) is 258 Å². The van der Waals surface area contributed by atoms with E-state index in [0.29, 0.717) is 77.6 Å². The number of carbonyl (C=O) groups is 1. The number of rotatable bonds is 47. The van der Waals surface area contributed by atoms with Crippen molar-refractivity contribution in [1.29, 1.82) is 0 Å². The number of allylic oxidation sites excluding steroid dienone is 3. The molecule has 27 heteroatoms. The van der Waals surface area contributed by atoms with Crippen LogP contribution in [-0.4, -0.2) is 119 Å². The van der Waals surface area contributed by atoms with E-state index >= 15 is 0 Å². The second-order valence-electron chi connectivity index (χ2n) is 34.0. The molecule has 0 spiro atoms. The number of pyridine rings is 2. The van der Waals surface area contributed by atoms with Gasteiger partial charge in [0.1, 0.15) is 17.8 Å². The number of benzene rings is 7. The van der Waals surface area contributed by atoms with Crippen LogP contribution in [0.2, 0.25) is 0 Å². The van der Waals surface area contributed by atoms with Gasteiger partial charge in [0.15, 0.2) is 18.9 Å². The second-order valence-corrected chi connectivity index (χ2v) is 42.9. The molecule has 708 valence electrons. The van der Waals surface area contributed by atoms with Gasteiger partial charge in [-0.1, -0.05) is 199 Å². The van der Waals surface area contributed by atoms with E-state index in [9.17, 15) is 35.3 Å². The summed E-state index contributed by atoms with van der Waals surface area (Å²) in [5, 5.41) is 14.9. The van der Waals surface area contributed by atoms with Crippen molar-refractivity contribution in [1.82, 2.24) is 8.87 Å². The maximum Gasteiger partial charge on any atom is 0.330 e. The van der Waals surface area contributed by atoms with Gasteiger partial charge in [-0.3, -0.25) is 13.9 Å². The number of unbranched alkanes of at least 4 members (excludes halogenated alkanes) is 9. The molecule has 0 unspecified atom stereocenters. The lowest BCUT2D eigenvalue weighted by Crippen LogP contribution is -3.00. The SMILES string of the molecule is CCCCCCN(CCCCCC)c1ccc(C=Cc2cc[n+](CCCP(=O)(OCC)OCC)c3ccccc23)cc1.CCOP(=O)(CCC[n+]1ccc(C=Cc2ccc3c(c2)c2ccccc2n3CC)c2ccccc21)OCC.Cc1ccc2c(c1)C(C)(C)/C(=C\C=C\c1sc3cc(S(=O)(=O)N4CCCCC4)ccc3[n+]1CCCCS(=O)(=O)[O-])N2CCCCCC(=O)O.[Br-].[Br-]. The number of carboxylic acids is 1. The van der Waals surface area contributed by atoms with E-state index in [0.717, 1.165) is 110 Å². The minimum atomic E-state index is -4.31. The topological polar surface area (TPSA) is 226 Å². The van der Waals surface area contributed by atoms with Crippen LogP contribution in [0.1, 0.15) is 223 Å². The van der Waals surface area contributed by atoms with Crippen LogP contribution in [0.15, 0.2) is 199 Å². The highest BCUT2D eigenvalue weighted by Gasteiger charge is 2.40. The molecule has 7 aromatic carbocycles. The fourth-order valence-electron chi connectivity index (χ4n) is 17.7. The lowest BCUT2D eigenvalue weighted by Gasteiger charge is -2.27. The van der Waals surface area contributed by atoms with Gasteiger partial charge in [0.25, 0.3) is 5.01 Å². The number of halogens is 2. The number of aliphatic carboxylic acids is 1. The number of hydrogen-bond acceptors (Lipinski definition) is 15. The van der Waals surface area contributed by atoms with Crippen molar-refractivity contribution >= 4 is 148 Å². The van der Waals surface area contributed by atoms with Crippen molar-refractivity contribution < 1.29 is 106 Å². The Kier molecular flexibility index (Phi) is 42.7. The standard InChI is InChI=1S/C36H47N3O7S3.C36H54N2O3P.C32H36N2O3P.2BrH/c1-27-16-18-30-29(25-27)36(2,3)33(38(30)22-9-4-6-15-35(40)41)13-12-14-34-39(23-10-11-24-48(42,43)44)31-19-17-28(26-32(31)47-34)49(45,46)37-20-7-5-8-21-37;1-5-9-11-15-27-37(28-16-12-10-6-2)34-24-21-32(22-25-34)20-23-33-26-30-38(36-19-14-13-18-35(33)36)29-17-31-42(39,40-7-3)41-8-4;1-4-34-31-15-10-8-13-28(31)29-24-25(17-19-32(29)34)16-18-26-20-22-33(30-14-9-7-12-27(26)30)21-11-23-38(35,36-5-2)37-6-3;;/h12-14,16-19,25-26H,4-11,15,20-24H2,1-3H3,(H-,40,41,42,43,44);13-14,18-26,30H,5-12,15-17,27-29,31H2,1-4H3;7-10,12-20,22,24H,4-6,11,21,23H2,1-3H3;2*1H/q;2*+1;;/p-2. The quantitative estimate of drug-likeness (QED) is 0.0162. The van der Waals surface area contributed by atoms with Gasteiger partial charge < -0.3 is 76.1 Å². The summed E-state index contributed by atoms with van der Waals surface area (Å²) in [7, 11) is -14.0. The molecule has 6 heterocycles. The summed E-state index contributed by atoms with van der Waals surface area (Å²) in [5.41, 5.74) is 16.2. The first-order valence-corrected chi connectivity index (χ1v) is 54.3. The molecule has 11 aromatic rings. The molecule has 0 amide bonds. The van der Waals surface area contributed by atoms with Crippen LogP contribution >= 0.6 is 26.5 Å². The van der Waals surface area contributed by atoms with Gasteiger partial charge >= 0.3 is 21.2 Å². The van der Waals surface area contributed by atoms with E-state index < -0.39 is 47.1 Å². The summed E-state index contributed by atoms with van der Waals surface area (Å²) >= 11 is 1.48. The normalized spacial score (nSPS) is 14.1. The summed E-state index contributed by atoms with van der Waals surface area (Å²) in [6.07, 6.45) is 37.8. The zero-order chi connectivity index (χ0) is 92.0. The number of aryl methyl sites for hydroxylation is 5. The second kappa shape index (κ2) is 52.3. The lowest BCUT2D eigenvalue weighted by molar-refractivity contribution is -0.671. The Hall–Kier alpha value is -7.84. The molecule has 13 rings (SSSR count). The van der Waals surface area contributed by atoms with Gasteiger partial charge in [0, 0.05) is 151 Å². The first kappa shape index (κ1) is 107. The smallest absolute Gasteiger partial charge is 0.330 e. The number of sulfonamides is 1. The number of thiazole rings is 1. The fraction of sp³-hybridized carbons (Fsp3) is 0.442. The van der Waals surface area contributed by atoms with Crippen molar-refractivity contribution in [2.75, 3.05) is 87.0 Å². The Morgan fingerprint density at radius 2 is 1.10 bits per heavy atom. The van der Waals surface area contributed by atoms with E-state index in [1.165, 1.54) is 140 Å². The number of nitrogens with zero attached hydrogens (tertiary/aromatic N) is 7. The van der Waals surface area contributed by atoms with Crippen LogP contribution in [0, 0.1) is 6.92 Å². The third-order valence-electron chi connectivity index (χ3n) is 24.2. The predicted octanol–water partition coefficient (Wildman–Crippen LogP) is 18.3. The van der Waals surface area contributed by atoms with E-state index in [-0.39, 0.29) is 57.1 Å². The van der Waals surface area contributed by atoms with E-state index in [1.807, 2.05) is 45.9 Å². The number of hydrogen-bond donors (Lipinski definition) is 1. The molecule has 0 aliphatic carbocycles. The molecule has 0 saturated carbocycles. The van der Waals surface area contributed by atoms with Crippen LogP contribution < -0.4 is 57.5 Å². The van der Waals surface area contributed by atoms with Crippen LogP contribution in [-0.2, 0) is 83.8 Å². The maximum atomic E-state index is 13.5. The maximum absolute atomic E-state index is 13.5. The average Bonchev–Trinajstić information content (AvgIpc) is 1.51. The van der Waals surface area contributed by atoms with Crippen LogP contribution in [0.4, 0.5) is 11.4 Å². The van der Waals surface area contributed by atoms with Crippen molar-refractivity contribution in [3.05, 3.63) is 232 Å². The third kappa shape index (κ3) is 29.6. The number of piperidine rings is 1. The third-order valence-corrected chi connectivity index (χ3v) is 32.4. The van der Waals surface area contributed by atoms with E-state index in [4.69, 9.17) is 23.2 Å². The molecule has 0 atom stereocenters. The highest BCUT2D eigenvalue weighted by atomic mass is 79.9. The molecule has 0 radical (unpaired) electrons.